The fourth-order valence-electron chi connectivity index (χ4n) is 2.88. The molecule has 0 aliphatic heterocycles. The Labute approximate surface area is 192 Å². The standard InChI is InChI=1S/C22H18BrN5O2S/c1-30-19-8-4-17(5-9-19)25-20(29)14-31-22-27-26-21(15-10-12-24-13-11-15)28(22)18-6-2-16(23)3-7-18/h2-13H,14H2,1H3,(H,25,29). The molecule has 31 heavy (non-hydrogen) atoms. The van der Waals surface area contributed by atoms with E-state index in [0.717, 1.165) is 21.5 Å². The van der Waals surface area contributed by atoms with Gasteiger partial charge >= 0.3 is 0 Å². The molecule has 2 heterocycles. The topological polar surface area (TPSA) is 81.9 Å². The molecular weight excluding hydrogens is 478 g/mol. The number of carbonyl (C=O) groups is 1. The fourth-order valence-corrected chi connectivity index (χ4v) is 3.89. The molecule has 9 heteroatoms. The first-order valence-electron chi connectivity index (χ1n) is 9.32. The molecule has 0 aliphatic carbocycles. The van der Waals surface area contributed by atoms with Crippen LogP contribution >= 0.6 is 27.7 Å². The second-order valence-electron chi connectivity index (χ2n) is 6.42. The summed E-state index contributed by atoms with van der Waals surface area (Å²) in [7, 11) is 1.60. The van der Waals surface area contributed by atoms with Crippen LogP contribution in [0.5, 0.6) is 5.75 Å². The first-order chi connectivity index (χ1) is 15.1. The van der Waals surface area contributed by atoms with E-state index in [2.05, 4.69) is 36.4 Å². The predicted octanol–water partition coefficient (Wildman–Crippen LogP) is 4.83. The van der Waals surface area contributed by atoms with E-state index in [0.29, 0.717) is 16.7 Å². The zero-order valence-corrected chi connectivity index (χ0v) is 18.9. The molecule has 0 fully saturated rings. The molecule has 0 unspecified atom stereocenters. The highest BCUT2D eigenvalue weighted by Gasteiger charge is 2.17. The molecular formula is C22H18BrN5O2S. The third kappa shape index (κ3) is 5.12. The zero-order chi connectivity index (χ0) is 21.6. The van der Waals surface area contributed by atoms with Crippen molar-refractivity contribution in [3.63, 3.8) is 0 Å². The number of amides is 1. The molecule has 156 valence electrons. The number of aromatic nitrogens is 4. The molecule has 0 aliphatic rings. The van der Waals surface area contributed by atoms with Gasteiger partial charge in [-0.25, -0.2) is 0 Å². The fraction of sp³-hybridized carbons (Fsp3) is 0.0909. The number of hydrogen-bond acceptors (Lipinski definition) is 6. The van der Waals surface area contributed by atoms with Gasteiger partial charge in [0, 0.05) is 33.8 Å². The molecule has 4 rings (SSSR count). The van der Waals surface area contributed by atoms with Crippen LogP contribution in [-0.4, -0.2) is 38.5 Å². The number of halogens is 1. The van der Waals surface area contributed by atoms with Gasteiger partial charge in [-0.05, 0) is 60.7 Å². The Hall–Kier alpha value is -3.17. The van der Waals surface area contributed by atoms with Crippen molar-refractivity contribution in [3.05, 3.63) is 77.5 Å². The van der Waals surface area contributed by atoms with Gasteiger partial charge in [0.2, 0.25) is 5.91 Å². The number of pyridine rings is 1. The smallest absolute Gasteiger partial charge is 0.234 e. The lowest BCUT2D eigenvalue weighted by molar-refractivity contribution is -0.113. The van der Waals surface area contributed by atoms with Crippen molar-refractivity contribution in [2.75, 3.05) is 18.2 Å². The highest BCUT2D eigenvalue weighted by molar-refractivity contribution is 9.10. The number of anilines is 1. The Kier molecular flexibility index (Phi) is 6.63. The van der Waals surface area contributed by atoms with Crippen LogP contribution in [0.2, 0.25) is 0 Å². The van der Waals surface area contributed by atoms with Crippen molar-refractivity contribution < 1.29 is 9.53 Å². The van der Waals surface area contributed by atoms with E-state index in [4.69, 9.17) is 4.74 Å². The molecule has 0 atom stereocenters. The minimum absolute atomic E-state index is 0.133. The van der Waals surface area contributed by atoms with E-state index in [1.165, 1.54) is 11.8 Å². The molecule has 0 saturated heterocycles. The van der Waals surface area contributed by atoms with E-state index in [-0.39, 0.29) is 11.7 Å². The summed E-state index contributed by atoms with van der Waals surface area (Å²) in [4.78, 5) is 16.5. The van der Waals surface area contributed by atoms with Crippen molar-refractivity contribution >= 4 is 39.3 Å². The van der Waals surface area contributed by atoms with Gasteiger partial charge < -0.3 is 10.1 Å². The Balaban J connectivity index is 1.55. The number of nitrogens with one attached hydrogen (secondary N) is 1. The number of benzene rings is 2. The summed E-state index contributed by atoms with van der Waals surface area (Å²) >= 11 is 4.79. The highest BCUT2D eigenvalue weighted by atomic mass is 79.9. The van der Waals surface area contributed by atoms with Gasteiger partial charge in [0.1, 0.15) is 5.75 Å². The Morgan fingerprint density at radius 1 is 1.03 bits per heavy atom. The lowest BCUT2D eigenvalue weighted by Gasteiger charge is -2.11. The number of methoxy groups -OCH3 is 1. The minimum Gasteiger partial charge on any atom is -0.497 e. The van der Waals surface area contributed by atoms with Gasteiger partial charge in [0.25, 0.3) is 0 Å². The van der Waals surface area contributed by atoms with Crippen LogP contribution in [0.25, 0.3) is 17.1 Å². The van der Waals surface area contributed by atoms with E-state index < -0.39 is 0 Å². The monoisotopic (exact) mass is 495 g/mol. The van der Waals surface area contributed by atoms with E-state index >= 15 is 0 Å². The minimum atomic E-state index is -0.133. The molecule has 7 nitrogen and oxygen atoms in total. The van der Waals surface area contributed by atoms with Crippen LogP contribution in [0.1, 0.15) is 0 Å². The number of carbonyl (C=O) groups excluding carboxylic acids is 1. The second kappa shape index (κ2) is 9.76. The summed E-state index contributed by atoms with van der Waals surface area (Å²) < 4.78 is 8.05. The van der Waals surface area contributed by atoms with Gasteiger partial charge in [-0.2, -0.15) is 0 Å². The number of rotatable bonds is 7. The first kappa shape index (κ1) is 21.1. The SMILES string of the molecule is COc1ccc(NC(=O)CSc2nnc(-c3ccncc3)n2-c2ccc(Br)cc2)cc1. The number of ether oxygens (including phenoxy) is 1. The maximum atomic E-state index is 12.5. The van der Waals surface area contributed by atoms with Crippen molar-refractivity contribution in [1.82, 2.24) is 19.7 Å². The molecule has 0 saturated carbocycles. The Bertz CT molecular complexity index is 1160. The molecule has 0 radical (unpaired) electrons. The molecule has 0 spiro atoms. The quantitative estimate of drug-likeness (QED) is 0.369. The maximum absolute atomic E-state index is 12.5. The molecule has 4 aromatic rings. The third-order valence-electron chi connectivity index (χ3n) is 4.36. The van der Waals surface area contributed by atoms with Gasteiger partial charge in [0.15, 0.2) is 11.0 Å². The third-order valence-corrected chi connectivity index (χ3v) is 5.82. The van der Waals surface area contributed by atoms with Gasteiger partial charge in [0.05, 0.1) is 12.9 Å². The largest absolute Gasteiger partial charge is 0.497 e. The predicted molar refractivity (Wildman–Crippen MR) is 125 cm³/mol. The number of thioether (sulfide) groups is 1. The maximum Gasteiger partial charge on any atom is 0.234 e. The van der Waals surface area contributed by atoms with Crippen LogP contribution < -0.4 is 10.1 Å². The van der Waals surface area contributed by atoms with E-state index in [9.17, 15) is 4.79 Å². The summed E-state index contributed by atoms with van der Waals surface area (Å²) in [5, 5.41) is 12.2. The van der Waals surface area contributed by atoms with E-state index in [1.54, 1.807) is 43.8 Å². The lowest BCUT2D eigenvalue weighted by Crippen LogP contribution is -2.14. The van der Waals surface area contributed by atoms with Gasteiger partial charge in [-0.15, -0.1) is 10.2 Å². The van der Waals surface area contributed by atoms with Crippen molar-refractivity contribution in [2.45, 2.75) is 5.16 Å². The number of hydrogen-bond donors (Lipinski definition) is 1. The zero-order valence-electron chi connectivity index (χ0n) is 16.5. The molecule has 2 aromatic carbocycles. The van der Waals surface area contributed by atoms with Crippen molar-refractivity contribution in [1.29, 1.82) is 0 Å². The van der Waals surface area contributed by atoms with Gasteiger partial charge in [-0.3, -0.25) is 14.3 Å². The van der Waals surface area contributed by atoms with Crippen LogP contribution in [0.15, 0.2) is 82.7 Å². The van der Waals surface area contributed by atoms with Crippen molar-refractivity contribution in [3.8, 4) is 22.8 Å². The number of nitrogens with zero attached hydrogens (tertiary/aromatic N) is 4. The lowest BCUT2D eigenvalue weighted by atomic mass is 10.2. The van der Waals surface area contributed by atoms with Crippen LogP contribution in [0.3, 0.4) is 0 Å². The molecule has 1 N–H and O–H groups in total. The second-order valence-corrected chi connectivity index (χ2v) is 8.28. The first-order valence-corrected chi connectivity index (χ1v) is 11.1. The summed E-state index contributed by atoms with van der Waals surface area (Å²) in [6, 6.07) is 18.8. The Morgan fingerprint density at radius 2 is 1.74 bits per heavy atom. The molecule has 0 bridgehead atoms. The Morgan fingerprint density at radius 3 is 2.42 bits per heavy atom. The van der Waals surface area contributed by atoms with Crippen molar-refractivity contribution in [2.24, 2.45) is 0 Å². The summed E-state index contributed by atoms with van der Waals surface area (Å²) in [5.74, 6) is 1.48. The normalized spacial score (nSPS) is 10.6. The summed E-state index contributed by atoms with van der Waals surface area (Å²) in [5.41, 5.74) is 2.50. The van der Waals surface area contributed by atoms with Crippen LogP contribution in [-0.2, 0) is 4.79 Å². The average Bonchev–Trinajstić information content (AvgIpc) is 3.23. The van der Waals surface area contributed by atoms with Crippen LogP contribution in [0.4, 0.5) is 5.69 Å². The summed E-state index contributed by atoms with van der Waals surface area (Å²) in [6.45, 7) is 0. The summed E-state index contributed by atoms with van der Waals surface area (Å²) in [6.07, 6.45) is 3.43. The average molecular weight is 496 g/mol. The van der Waals surface area contributed by atoms with E-state index in [1.807, 2.05) is 41.0 Å². The highest BCUT2D eigenvalue weighted by Crippen LogP contribution is 2.28. The van der Waals surface area contributed by atoms with Crippen LogP contribution in [0, 0.1) is 0 Å². The van der Waals surface area contributed by atoms with Gasteiger partial charge in [-0.1, -0.05) is 27.7 Å². The molecule has 1 amide bonds. The molecule has 2 aromatic heterocycles.